The average Bonchev–Trinajstić information content (AvgIpc) is 2.44. The van der Waals surface area contributed by atoms with Crippen molar-refractivity contribution in [2.24, 2.45) is 0 Å². The third kappa shape index (κ3) is 4.32. The van der Waals surface area contributed by atoms with Crippen molar-refractivity contribution < 1.29 is 0 Å². The minimum absolute atomic E-state index is 0. The number of nitrogens with zero attached hydrogens (tertiary/aromatic N) is 2. The smallest absolute Gasteiger partial charge is 0.0482 e. The van der Waals surface area contributed by atoms with Gasteiger partial charge in [-0.3, -0.25) is 0 Å². The van der Waals surface area contributed by atoms with Gasteiger partial charge in [-0.15, -0.1) is 12.4 Å². The Bertz CT molecular complexity index is 622. The lowest BCUT2D eigenvalue weighted by Gasteiger charge is -2.19. The van der Waals surface area contributed by atoms with E-state index < -0.39 is 0 Å². The zero-order valence-corrected chi connectivity index (χ0v) is 16.6. The first-order valence-corrected chi connectivity index (χ1v) is 7.96. The van der Waals surface area contributed by atoms with Crippen LogP contribution in [0.2, 0.25) is 10.0 Å². The van der Waals surface area contributed by atoms with E-state index in [2.05, 4.69) is 0 Å². The van der Waals surface area contributed by atoms with Crippen molar-refractivity contribution in [3.8, 4) is 0 Å². The second-order valence-corrected chi connectivity index (χ2v) is 6.77. The lowest BCUT2D eigenvalue weighted by Crippen LogP contribution is -2.11. The summed E-state index contributed by atoms with van der Waals surface area (Å²) in [5.74, 6) is 0. The molecule has 2 rings (SSSR count). The minimum Gasteiger partial charge on any atom is -0.398 e. The van der Waals surface area contributed by atoms with Crippen molar-refractivity contribution in [1.82, 2.24) is 0 Å². The van der Waals surface area contributed by atoms with Gasteiger partial charge in [-0.05, 0) is 35.4 Å². The van der Waals surface area contributed by atoms with Gasteiger partial charge in [0.05, 0.1) is 0 Å². The molecular formula is C17H23Cl3N4. The highest BCUT2D eigenvalue weighted by atomic mass is 35.5. The van der Waals surface area contributed by atoms with Gasteiger partial charge < -0.3 is 21.3 Å². The van der Waals surface area contributed by atoms with Gasteiger partial charge in [-0.2, -0.15) is 0 Å². The van der Waals surface area contributed by atoms with Gasteiger partial charge in [0, 0.05) is 67.4 Å². The van der Waals surface area contributed by atoms with E-state index in [1.54, 1.807) is 0 Å². The van der Waals surface area contributed by atoms with Gasteiger partial charge in [0.15, 0.2) is 0 Å². The van der Waals surface area contributed by atoms with Crippen LogP contribution in [0.4, 0.5) is 22.7 Å². The molecule has 132 valence electrons. The number of nitrogens with two attached hydrogens (primary N) is 2. The lowest BCUT2D eigenvalue weighted by molar-refractivity contribution is 1.11. The van der Waals surface area contributed by atoms with Crippen LogP contribution in [0.25, 0.3) is 0 Å². The van der Waals surface area contributed by atoms with Crippen molar-refractivity contribution >= 4 is 58.4 Å². The summed E-state index contributed by atoms with van der Waals surface area (Å²) in [6.07, 6.45) is 0.497. The molecule has 0 amide bonds. The second-order valence-electron chi connectivity index (χ2n) is 5.96. The largest absolute Gasteiger partial charge is 0.398 e. The fourth-order valence-corrected chi connectivity index (χ4v) is 2.93. The summed E-state index contributed by atoms with van der Waals surface area (Å²) in [5, 5.41) is 1.22. The molecule has 0 saturated carbocycles. The maximum Gasteiger partial charge on any atom is 0.0482 e. The van der Waals surface area contributed by atoms with Crippen LogP contribution in [0.15, 0.2) is 24.3 Å². The van der Waals surface area contributed by atoms with E-state index >= 15 is 0 Å². The zero-order chi connectivity index (χ0) is 17.3. The van der Waals surface area contributed by atoms with Crippen LogP contribution >= 0.6 is 35.6 Å². The van der Waals surface area contributed by atoms with Crippen LogP contribution in [0.1, 0.15) is 11.1 Å². The Morgan fingerprint density at radius 2 is 1.08 bits per heavy atom. The van der Waals surface area contributed by atoms with E-state index in [0.717, 1.165) is 22.5 Å². The van der Waals surface area contributed by atoms with E-state index in [1.165, 1.54) is 0 Å². The van der Waals surface area contributed by atoms with E-state index in [-0.39, 0.29) is 12.4 Å². The molecule has 4 nitrogen and oxygen atoms in total. The van der Waals surface area contributed by atoms with E-state index in [0.29, 0.717) is 27.8 Å². The van der Waals surface area contributed by atoms with Crippen LogP contribution < -0.4 is 21.3 Å². The van der Waals surface area contributed by atoms with Gasteiger partial charge in [0.2, 0.25) is 0 Å². The summed E-state index contributed by atoms with van der Waals surface area (Å²) in [5.41, 5.74) is 17.2. The highest BCUT2D eigenvalue weighted by Gasteiger charge is 2.14. The first-order chi connectivity index (χ1) is 10.7. The zero-order valence-electron chi connectivity index (χ0n) is 14.2. The summed E-state index contributed by atoms with van der Waals surface area (Å²) in [6, 6.07) is 7.59. The van der Waals surface area contributed by atoms with Crippen molar-refractivity contribution in [1.29, 1.82) is 0 Å². The Morgan fingerprint density at radius 3 is 1.33 bits per heavy atom. The normalized spacial score (nSPS) is 10.2. The van der Waals surface area contributed by atoms with Crippen LogP contribution in [0.5, 0.6) is 0 Å². The molecule has 0 heterocycles. The number of benzene rings is 2. The monoisotopic (exact) mass is 388 g/mol. The summed E-state index contributed by atoms with van der Waals surface area (Å²) in [6.45, 7) is 0. The molecule has 0 aliphatic heterocycles. The first-order valence-electron chi connectivity index (χ1n) is 7.21. The van der Waals surface area contributed by atoms with Gasteiger partial charge in [0.25, 0.3) is 0 Å². The Hall–Kier alpha value is -1.49. The molecule has 0 aromatic heterocycles. The number of hydrogen-bond donors (Lipinski definition) is 2. The van der Waals surface area contributed by atoms with Gasteiger partial charge in [-0.1, -0.05) is 23.2 Å². The van der Waals surface area contributed by atoms with Crippen molar-refractivity contribution in [3.05, 3.63) is 45.4 Å². The SMILES string of the molecule is CN(C)c1cc(N)c(Cc2c(N)cc(N(C)C)cc2Cl)c(Cl)c1.Cl. The topological polar surface area (TPSA) is 58.5 Å². The van der Waals surface area contributed by atoms with Crippen LogP contribution in [0.3, 0.4) is 0 Å². The Labute approximate surface area is 159 Å². The molecule has 7 heteroatoms. The molecule has 0 spiro atoms. The van der Waals surface area contributed by atoms with Crippen molar-refractivity contribution in [2.75, 3.05) is 49.5 Å². The Morgan fingerprint density at radius 1 is 0.750 bits per heavy atom. The van der Waals surface area contributed by atoms with Crippen molar-refractivity contribution in [2.45, 2.75) is 6.42 Å². The molecule has 4 N–H and O–H groups in total. The molecular weight excluding hydrogens is 367 g/mol. The summed E-state index contributed by atoms with van der Waals surface area (Å²) >= 11 is 12.8. The molecule has 0 radical (unpaired) electrons. The molecule has 2 aromatic rings. The molecule has 2 aromatic carbocycles. The standard InChI is InChI=1S/C17H22Cl2N4.ClH/c1-22(2)10-5-14(18)12(16(20)7-10)9-13-15(19)6-11(23(3)4)8-17(13)21;/h5-8H,9,20-21H2,1-4H3;1H. The predicted molar refractivity (Wildman–Crippen MR) is 110 cm³/mol. The molecule has 24 heavy (non-hydrogen) atoms. The average molecular weight is 390 g/mol. The van der Waals surface area contributed by atoms with E-state index in [1.807, 2.05) is 62.3 Å². The Kier molecular flexibility index (Phi) is 6.90. The molecule has 0 bridgehead atoms. The second kappa shape index (κ2) is 8.06. The van der Waals surface area contributed by atoms with E-state index in [9.17, 15) is 0 Å². The maximum absolute atomic E-state index is 6.42. The number of hydrogen-bond acceptors (Lipinski definition) is 4. The Balaban J connectivity index is 0.00000288. The highest BCUT2D eigenvalue weighted by Crippen LogP contribution is 2.35. The third-order valence-corrected chi connectivity index (χ3v) is 4.49. The van der Waals surface area contributed by atoms with Crippen LogP contribution in [0, 0.1) is 0 Å². The summed E-state index contributed by atoms with van der Waals surface area (Å²) in [4.78, 5) is 3.92. The lowest BCUT2D eigenvalue weighted by atomic mass is 10.0. The molecule has 0 fully saturated rings. The summed E-state index contributed by atoms with van der Waals surface area (Å²) in [7, 11) is 7.78. The van der Waals surface area contributed by atoms with Crippen molar-refractivity contribution in [3.63, 3.8) is 0 Å². The fraction of sp³-hybridized carbons (Fsp3) is 0.294. The molecule has 0 saturated heterocycles. The first kappa shape index (κ1) is 20.6. The minimum atomic E-state index is 0. The number of rotatable bonds is 4. The molecule has 0 unspecified atom stereocenters. The fourth-order valence-electron chi connectivity index (χ4n) is 2.35. The summed E-state index contributed by atoms with van der Waals surface area (Å²) < 4.78 is 0. The predicted octanol–water partition coefficient (Wildman–Crippen LogP) is 4.30. The number of anilines is 4. The van der Waals surface area contributed by atoms with Gasteiger partial charge >= 0.3 is 0 Å². The van der Waals surface area contributed by atoms with Gasteiger partial charge in [-0.25, -0.2) is 0 Å². The van der Waals surface area contributed by atoms with E-state index in [4.69, 9.17) is 34.7 Å². The molecule has 0 aliphatic carbocycles. The molecule has 0 atom stereocenters. The third-order valence-electron chi connectivity index (χ3n) is 3.82. The van der Waals surface area contributed by atoms with Crippen LogP contribution in [-0.4, -0.2) is 28.2 Å². The number of halogens is 3. The van der Waals surface area contributed by atoms with Gasteiger partial charge in [0.1, 0.15) is 0 Å². The van der Waals surface area contributed by atoms with Crippen LogP contribution in [-0.2, 0) is 6.42 Å². The quantitative estimate of drug-likeness (QED) is 0.765. The molecule has 0 aliphatic rings. The maximum atomic E-state index is 6.42. The number of nitrogen functional groups attached to an aromatic ring is 2. The highest BCUT2D eigenvalue weighted by molar-refractivity contribution is 6.33.